The van der Waals surface area contributed by atoms with Crippen LogP contribution in [0.2, 0.25) is 0 Å². The number of likely N-dealkylation sites (N-methyl/N-ethyl adjacent to an activating group) is 1. The summed E-state index contributed by atoms with van der Waals surface area (Å²) in [7, 11) is -1.31. The zero-order valence-corrected chi connectivity index (χ0v) is 21.9. The van der Waals surface area contributed by atoms with Crippen molar-refractivity contribution < 1.29 is 27.7 Å². The third kappa shape index (κ3) is 6.45. The van der Waals surface area contributed by atoms with Gasteiger partial charge in [-0.15, -0.1) is 0 Å². The summed E-state index contributed by atoms with van der Waals surface area (Å²) in [6.45, 7) is 0.892. The largest absolute Gasteiger partial charge is 0.497 e. The highest BCUT2D eigenvalue weighted by Crippen LogP contribution is 2.26. The maximum atomic E-state index is 13.7. The molecule has 0 fully saturated rings. The Morgan fingerprint density at radius 1 is 1.03 bits per heavy atom. The zero-order valence-electron chi connectivity index (χ0n) is 21.1. The number of anilines is 1. The molecule has 0 radical (unpaired) electrons. The fraction of sp³-hybridized carbons (Fsp3) is 0.231. The third-order valence-electron chi connectivity index (χ3n) is 5.86. The van der Waals surface area contributed by atoms with E-state index < -0.39 is 39.3 Å². The average Bonchev–Trinajstić information content (AvgIpc) is 2.94. The Morgan fingerprint density at radius 2 is 1.68 bits per heavy atom. The van der Waals surface area contributed by atoms with E-state index in [9.17, 15) is 28.1 Å². The normalized spacial score (nSPS) is 11.8. The number of nitro benzene ring substituents is 1. The number of nitro groups is 1. The van der Waals surface area contributed by atoms with Gasteiger partial charge < -0.3 is 15.0 Å². The molecule has 0 saturated carbocycles. The first-order valence-electron chi connectivity index (χ1n) is 11.5. The molecule has 0 spiro atoms. The van der Waals surface area contributed by atoms with Crippen LogP contribution in [-0.4, -0.2) is 56.8 Å². The zero-order chi connectivity index (χ0) is 27.9. The summed E-state index contributed by atoms with van der Waals surface area (Å²) in [6.07, 6.45) is 0. The molecule has 0 saturated heterocycles. The lowest BCUT2D eigenvalue weighted by molar-refractivity contribution is -0.384. The number of carbonyl (C=O) groups excluding carboxylic acids is 2. The van der Waals surface area contributed by atoms with Gasteiger partial charge in [-0.3, -0.25) is 24.0 Å². The van der Waals surface area contributed by atoms with E-state index in [1.165, 1.54) is 43.3 Å². The molecule has 0 aliphatic heterocycles. The molecule has 3 aromatic rings. The van der Waals surface area contributed by atoms with Crippen LogP contribution in [0.3, 0.4) is 0 Å². The van der Waals surface area contributed by atoms with Crippen LogP contribution in [0, 0.1) is 10.1 Å². The molecule has 11 nitrogen and oxygen atoms in total. The minimum absolute atomic E-state index is 0.00407. The summed E-state index contributed by atoms with van der Waals surface area (Å²) >= 11 is 0. The van der Waals surface area contributed by atoms with Gasteiger partial charge in [-0.25, -0.2) is 8.42 Å². The number of amides is 2. The molecule has 3 aromatic carbocycles. The number of nitrogens with zero attached hydrogens (tertiary/aromatic N) is 3. The van der Waals surface area contributed by atoms with Crippen LogP contribution in [0.1, 0.15) is 12.5 Å². The Labute approximate surface area is 220 Å². The van der Waals surface area contributed by atoms with E-state index in [1.54, 1.807) is 49.4 Å². The molecule has 0 aliphatic rings. The van der Waals surface area contributed by atoms with Crippen molar-refractivity contribution in [2.75, 3.05) is 25.0 Å². The van der Waals surface area contributed by atoms with Gasteiger partial charge in [0.2, 0.25) is 11.8 Å². The third-order valence-corrected chi connectivity index (χ3v) is 7.65. The Bertz CT molecular complexity index is 1400. The van der Waals surface area contributed by atoms with Crippen molar-refractivity contribution >= 4 is 33.2 Å². The number of nitrogens with one attached hydrogen (secondary N) is 1. The van der Waals surface area contributed by atoms with Crippen molar-refractivity contribution in [3.8, 4) is 5.75 Å². The van der Waals surface area contributed by atoms with Gasteiger partial charge in [0.25, 0.3) is 15.7 Å². The van der Waals surface area contributed by atoms with Gasteiger partial charge in [0.1, 0.15) is 18.3 Å². The molecule has 12 heteroatoms. The molecule has 38 heavy (non-hydrogen) atoms. The SMILES string of the molecule is CNC(=O)[C@@H](C)N(Cc1cccc(OC)c1)C(=O)CN(c1ccc([N+](=O)[O-])cc1)S(=O)(=O)c1ccccc1. The number of ether oxygens (including phenoxy) is 1. The Hall–Kier alpha value is -4.45. The number of methoxy groups -OCH3 is 1. The number of benzene rings is 3. The molecule has 200 valence electrons. The van der Waals surface area contributed by atoms with Gasteiger partial charge in [0.05, 0.1) is 22.6 Å². The van der Waals surface area contributed by atoms with Gasteiger partial charge in [0.15, 0.2) is 0 Å². The van der Waals surface area contributed by atoms with Gasteiger partial charge in [-0.05, 0) is 48.9 Å². The highest BCUT2D eigenvalue weighted by Gasteiger charge is 2.32. The van der Waals surface area contributed by atoms with Crippen molar-refractivity contribution in [2.24, 2.45) is 0 Å². The number of non-ortho nitro benzene ring substituents is 1. The molecule has 1 N–H and O–H groups in total. The number of hydrogen-bond donors (Lipinski definition) is 1. The Kier molecular flexibility index (Phi) is 9.02. The fourth-order valence-electron chi connectivity index (χ4n) is 3.75. The average molecular weight is 541 g/mol. The first kappa shape index (κ1) is 28.1. The summed E-state index contributed by atoms with van der Waals surface area (Å²) in [4.78, 5) is 37.9. The van der Waals surface area contributed by atoms with Crippen LogP contribution in [-0.2, 0) is 26.2 Å². The lowest BCUT2D eigenvalue weighted by atomic mass is 10.1. The molecule has 0 aliphatic carbocycles. The number of sulfonamides is 1. The predicted octanol–water partition coefficient (Wildman–Crippen LogP) is 2.96. The van der Waals surface area contributed by atoms with Crippen LogP contribution in [0.25, 0.3) is 0 Å². The van der Waals surface area contributed by atoms with E-state index >= 15 is 0 Å². The molecule has 0 bridgehead atoms. The molecule has 0 unspecified atom stereocenters. The maximum absolute atomic E-state index is 13.7. The van der Waals surface area contributed by atoms with E-state index in [0.717, 1.165) is 16.4 Å². The number of carbonyl (C=O) groups is 2. The first-order valence-corrected chi connectivity index (χ1v) is 13.0. The van der Waals surface area contributed by atoms with Gasteiger partial charge in [-0.2, -0.15) is 0 Å². The van der Waals surface area contributed by atoms with E-state index in [-0.39, 0.29) is 22.8 Å². The van der Waals surface area contributed by atoms with Gasteiger partial charge >= 0.3 is 0 Å². The topological polar surface area (TPSA) is 139 Å². The second-order valence-electron chi connectivity index (χ2n) is 8.26. The van der Waals surface area contributed by atoms with Crippen LogP contribution in [0.4, 0.5) is 11.4 Å². The molecule has 0 heterocycles. The second-order valence-corrected chi connectivity index (χ2v) is 10.1. The number of rotatable bonds is 11. The second kappa shape index (κ2) is 12.2. The molecule has 1 atom stereocenters. The summed E-state index contributed by atoms with van der Waals surface area (Å²) in [5, 5.41) is 13.6. The van der Waals surface area contributed by atoms with Crippen molar-refractivity contribution in [3.05, 3.63) is 94.5 Å². The van der Waals surface area contributed by atoms with E-state index in [1.807, 2.05) is 0 Å². The minimum atomic E-state index is -4.26. The van der Waals surface area contributed by atoms with Crippen LogP contribution in [0.5, 0.6) is 5.75 Å². The lowest BCUT2D eigenvalue weighted by Gasteiger charge is -2.31. The lowest BCUT2D eigenvalue weighted by Crippen LogP contribution is -2.50. The minimum Gasteiger partial charge on any atom is -0.497 e. The maximum Gasteiger partial charge on any atom is 0.269 e. The van der Waals surface area contributed by atoms with E-state index in [0.29, 0.717) is 11.3 Å². The first-order chi connectivity index (χ1) is 18.1. The monoisotopic (exact) mass is 540 g/mol. The van der Waals surface area contributed by atoms with E-state index in [2.05, 4.69) is 5.32 Å². The summed E-state index contributed by atoms with van der Waals surface area (Å²) in [5.74, 6) is -0.530. The van der Waals surface area contributed by atoms with Crippen molar-refractivity contribution in [3.63, 3.8) is 0 Å². The molecular formula is C26H28N4O7S. The standard InChI is InChI=1S/C26H28N4O7S/c1-19(26(32)27-2)28(17-20-8-7-9-23(16-20)37-3)25(31)18-29(21-12-14-22(15-13-21)30(33)34)38(35,36)24-10-5-4-6-11-24/h4-16,19H,17-18H2,1-3H3,(H,27,32)/t19-/m1/s1. The van der Waals surface area contributed by atoms with Crippen LogP contribution in [0.15, 0.2) is 83.8 Å². The predicted molar refractivity (Wildman–Crippen MR) is 141 cm³/mol. The van der Waals surface area contributed by atoms with Crippen molar-refractivity contribution in [2.45, 2.75) is 24.4 Å². The quantitative estimate of drug-likeness (QED) is 0.291. The summed E-state index contributed by atoms with van der Waals surface area (Å²) in [5.41, 5.74) is 0.494. The molecule has 3 rings (SSSR count). The van der Waals surface area contributed by atoms with Crippen LogP contribution < -0.4 is 14.4 Å². The van der Waals surface area contributed by atoms with Gasteiger partial charge in [0, 0.05) is 25.7 Å². The number of hydrogen-bond acceptors (Lipinski definition) is 7. The van der Waals surface area contributed by atoms with Crippen LogP contribution >= 0.6 is 0 Å². The summed E-state index contributed by atoms with van der Waals surface area (Å²) in [6, 6.07) is 18.4. The van der Waals surface area contributed by atoms with Crippen molar-refractivity contribution in [1.29, 1.82) is 0 Å². The smallest absolute Gasteiger partial charge is 0.269 e. The summed E-state index contributed by atoms with van der Waals surface area (Å²) < 4.78 is 33.4. The molecule has 0 aromatic heterocycles. The fourth-order valence-corrected chi connectivity index (χ4v) is 5.18. The Morgan fingerprint density at radius 3 is 2.26 bits per heavy atom. The Balaban J connectivity index is 2.04. The highest BCUT2D eigenvalue weighted by atomic mass is 32.2. The molecular weight excluding hydrogens is 512 g/mol. The van der Waals surface area contributed by atoms with Crippen molar-refractivity contribution in [1.82, 2.24) is 10.2 Å². The molecule has 2 amide bonds. The highest BCUT2D eigenvalue weighted by molar-refractivity contribution is 7.92. The van der Waals surface area contributed by atoms with E-state index in [4.69, 9.17) is 4.74 Å². The van der Waals surface area contributed by atoms with Gasteiger partial charge in [-0.1, -0.05) is 30.3 Å².